The van der Waals surface area contributed by atoms with Gasteiger partial charge in [-0.1, -0.05) is 30.3 Å². The molecule has 0 bridgehead atoms. The van der Waals surface area contributed by atoms with Gasteiger partial charge in [0.1, 0.15) is 5.82 Å². The Kier molecular flexibility index (Phi) is 6.58. The highest BCUT2D eigenvalue weighted by Crippen LogP contribution is 2.16. The van der Waals surface area contributed by atoms with Crippen LogP contribution in [0.3, 0.4) is 0 Å². The standard InChI is InChI=1S/C11H14N4.C9H11N3O3/c1-15-10(7-8-12)13-11(14-15)9-5-3-2-4-6-9;1-11-7(9(14)15)6(5-10-11)8(13)12-3-2-4-12/h2-6H,7-8,12H2,1H3;5H,2-4H2,1H3,(H,14,15). The van der Waals surface area contributed by atoms with E-state index in [1.807, 2.05) is 37.4 Å². The van der Waals surface area contributed by atoms with E-state index in [9.17, 15) is 9.59 Å². The minimum absolute atomic E-state index is 0.0492. The van der Waals surface area contributed by atoms with Crippen LogP contribution in [0.4, 0.5) is 0 Å². The molecule has 1 amide bonds. The zero-order chi connectivity index (χ0) is 21.7. The van der Waals surface area contributed by atoms with Crippen molar-refractivity contribution in [3.63, 3.8) is 0 Å². The van der Waals surface area contributed by atoms with E-state index in [1.54, 1.807) is 9.58 Å². The molecule has 4 rings (SSSR count). The lowest BCUT2D eigenvalue weighted by atomic mass is 10.1. The smallest absolute Gasteiger partial charge is 0.354 e. The number of carboxylic acid groups (broad SMARTS) is 1. The molecular weight excluding hydrogens is 386 g/mol. The highest BCUT2D eigenvalue weighted by molar-refractivity contribution is 6.03. The minimum atomic E-state index is -1.13. The summed E-state index contributed by atoms with van der Waals surface area (Å²) in [5, 5.41) is 17.1. The molecule has 3 N–H and O–H groups in total. The first kappa shape index (κ1) is 21.2. The van der Waals surface area contributed by atoms with Crippen LogP contribution in [-0.2, 0) is 20.5 Å². The normalized spacial score (nSPS) is 12.7. The maximum atomic E-state index is 11.8. The van der Waals surface area contributed by atoms with Gasteiger partial charge < -0.3 is 15.7 Å². The molecule has 158 valence electrons. The van der Waals surface area contributed by atoms with Crippen LogP contribution in [0, 0.1) is 0 Å². The largest absolute Gasteiger partial charge is 0.477 e. The first-order valence-electron chi connectivity index (χ1n) is 9.62. The number of carbonyl (C=O) groups is 2. The number of aryl methyl sites for hydroxylation is 2. The molecule has 10 nitrogen and oxygen atoms in total. The van der Waals surface area contributed by atoms with Gasteiger partial charge in [-0.3, -0.25) is 14.2 Å². The Bertz CT molecular complexity index is 1020. The van der Waals surface area contributed by atoms with Crippen LogP contribution >= 0.6 is 0 Å². The lowest BCUT2D eigenvalue weighted by Gasteiger charge is -2.30. The van der Waals surface area contributed by atoms with Gasteiger partial charge in [0, 0.05) is 39.2 Å². The second-order valence-electron chi connectivity index (χ2n) is 6.86. The first-order valence-corrected chi connectivity index (χ1v) is 9.62. The lowest BCUT2D eigenvalue weighted by Crippen LogP contribution is -2.42. The van der Waals surface area contributed by atoms with Gasteiger partial charge in [0.05, 0.1) is 11.8 Å². The molecule has 0 atom stereocenters. The average molecular weight is 411 g/mol. The fraction of sp³-hybridized carbons (Fsp3) is 0.350. The quantitative estimate of drug-likeness (QED) is 0.639. The zero-order valence-electron chi connectivity index (χ0n) is 17.0. The summed E-state index contributed by atoms with van der Waals surface area (Å²) in [5.74, 6) is 0.323. The Morgan fingerprint density at radius 2 is 1.83 bits per heavy atom. The molecular formula is C20H25N7O3. The number of carbonyl (C=O) groups excluding carboxylic acids is 1. The summed E-state index contributed by atoms with van der Waals surface area (Å²) in [6.45, 7) is 2.00. The molecule has 1 aliphatic heterocycles. The van der Waals surface area contributed by atoms with Crippen molar-refractivity contribution in [1.29, 1.82) is 0 Å². The fourth-order valence-corrected chi connectivity index (χ4v) is 3.01. The predicted octanol–water partition coefficient (Wildman–Crippen LogP) is 0.948. The molecule has 0 spiro atoms. The van der Waals surface area contributed by atoms with Gasteiger partial charge in [0.2, 0.25) is 0 Å². The van der Waals surface area contributed by atoms with Crippen molar-refractivity contribution in [3.8, 4) is 11.4 Å². The van der Waals surface area contributed by atoms with Gasteiger partial charge in [-0.2, -0.15) is 10.2 Å². The number of rotatable bonds is 5. The molecule has 3 heterocycles. The molecule has 1 fully saturated rings. The zero-order valence-corrected chi connectivity index (χ0v) is 17.0. The molecule has 1 aromatic carbocycles. The third-order valence-corrected chi connectivity index (χ3v) is 4.77. The van der Waals surface area contributed by atoms with E-state index in [0.717, 1.165) is 30.1 Å². The number of hydrogen-bond donors (Lipinski definition) is 2. The van der Waals surface area contributed by atoms with E-state index in [-0.39, 0.29) is 17.2 Å². The average Bonchev–Trinajstić information content (AvgIpc) is 3.25. The Morgan fingerprint density at radius 3 is 2.40 bits per heavy atom. The number of benzene rings is 1. The molecule has 0 aliphatic carbocycles. The number of carboxylic acids is 1. The fourth-order valence-electron chi connectivity index (χ4n) is 3.01. The van der Waals surface area contributed by atoms with E-state index in [4.69, 9.17) is 10.8 Å². The molecule has 1 saturated heterocycles. The molecule has 0 radical (unpaired) electrons. The summed E-state index contributed by atoms with van der Waals surface area (Å²) in [6, 6.07) is 9.94. The monoisotopic (exact) mass is 411 g/mol. The van der Waals surface area contributed by atoms with Gasteiger partial charge in [-0.25, -0.2) is 9.78 Å². The lowest BCUT2D eigenvalue weighted by molar-refractivity contribution is 0.0621. The number of hydrogen-bond acceptors (Lipinski definition) is 6. The Morgan fingerprint density at radius 1 is 1.13 bits per heavy atom. The summed E-state index contributed by atoms with van der Waals surface area (Å²) in [7, 11) is 3.40. The van der Waals surface area contributed by atoms with Crippen LogP contribution < -0.4 is 5.73 Å². The van der Waals surface area contributed by atoms with Crippen molar-refractivity contribution < 1.29 is 14.7 Å². The Balaban J connectivity index is 0.000000171. The molecule has 0 saturated carbocycles. The number of amides is 1. The highest BCUT2D eigenvalue weighted by Gasteiger charge is 2.28. The van der Waals surface area contributed by atoms with Crippen LogP contribution in [0.5, 0.6) is 0 Å². The number of aromatic nitrogens is 5. The topological polar surface area (TPSA) is 132 Å². The van der Waals surface area contributed by atoms with E-state index < -0.39 is 5.97 Å². The van der Waals surface area contributed by atoms with Crippen molar-refractivity contribution in [2.75, 3.05) is 19.6 Å². The second-order valence-corrected chi connectivity index (χ2v) is 6.86. The summed E-state index contributed by atoms with van der Waals surface area (Å²) < 4.78 is 2.99. The van der Waals surface area contributed by atoms with Crippen molar-refractivity contribution in [2.45, 2.75) is 12.8 Å². The highest BCUT2D eigenvalue weighted by atomic mass is 16.4. The van der Waals surface area contributed by atoms with Gasteiger partial charge in [0.25, 0.3) is 5.91 Å². The van der Waals surface area contributed by atoms with Crippen LogP contribution in [0.1, 0.15) is 33.1 Å². The maximum absolute atomic E-state index is 11.8. The van der Waals surface area contributed by atoms with Crippen LogP contribution in [0.15, 0.2) is 36.5 Å². The van der Waals surface area contributed by atoms with E-state index >= 15 is 0 Å². The molecule has 1 aliphatic rings. The van der Waals surface area contributed by atoms with Crippen molar-refractivity contribution in [2.24, 2.45) is 19.8 Å². The number of nitrogens with two attached hydrogens (primary N) is 1. The van der Waals surface area contributed by atoms with Gasteiger partial charge in [0.15, 0.2) is 11.5 Å². The maximum Gasteiger partial charge on any atom is 0.354 e. The van der Waals surface area contributed by atoms with Gasteiger partial charge in [-0.05, 0) is 13.0 Å². The molecule has 30 heavy (non-hydrogen) atoms. The van der Waals surface area contributed by atoms with Gasteiger partial charge in [-0.15, -0.1) is 0 Å². The van der Waals surface area contributed by atoms with Crippen molar-refractivity contribution in [3.05, 3.63) is 53.6 Å². The Labute approximate surface area is 173 Å². The summed E-state index contributed by atoms with van der Waals surface area (Å²) in [4.78, 5) is 28.7. The summed E-state index contributed by atoms with van der Waals surface area (Å²) >= 11 is 0. The molecule has 0 unspecified atom stereocenters. The van der Waals surface area contributed by atoms with Crippen molar-refractivity contribution >= 4 is 11.9 Å². The minimum Gasteiger partial charge on any atom is -0.477 e. The van der Waals surface area contributed by atoms with Gasteiger partial charge >= 0.3 is 5.97 Å². The summed E-state index contributed by atoms with van der Waals surface area (Å²) in [5.41, 5.74) is 6.66. The third-order valence-electron chi connectivity index (χ3n) is 4.77. The number of likely N-dealkylation sites (tertiary alicyclic amines) is 1. The molecule has 10 heteroatoms. The van der Waals surface area contributed by atoms with E-state index in [2.05, 4.69) is 15.2 Å². The number of nitrogens with zero attached hydrogens (tertiary/aromatic N) is 6. The van der Waals surface area contributed by atoms with Crippen LogP contribution in [0.25, 0.3) is 11.4 Å². The first-order chi connectivity index (χ1) is 14.4. The van der Waals surface area contributed by atoms with E-state index in [0.29, 0.717) is 19.6 Å². The summed E-state index contributed by atoms with van der Waals surface area (Å²) in [6.07, 6.45) is 3.05. The molecule has 3 aromatic rings. The predicted molar refractivity (Wildman–Crippen MR) is 110 cm³/mol. The van der Waals surface area contributed by atoms with Crippen molar-refractivity contribution in [1.82, 2.24) is 29.4 Å². The second kappa shape index (κ2) is 9.31. The third kappa shape index (κ3) is 4.54. The van der Waals surface area contributed by atoms with E-state index in [1.165, 1.54) is 17.9 Å². The number of aromatic carboxylic acids is 1. The SMILES string of the molecule is Cn1nc(-c2ccccc2)nc1CCN.Cn1ncc(C(=O)N2CCC2)c1C(=O)O. The molecule has 2 aromatic heterocycles. The Hall–Kier alpha value is -3.53. The van der Waals surface area contributed by atoms with Crippen LogP contribution in [-0.4, -0.2) is 66.1 Å². The van der Waals surface area contributed by atoms with Crippen LogP contribution in [0.2, 0.25) is 0 Å².